The van der Waals surface area contributed by atoms with E-state index in [4.69, 9.17) is 9.15 Å². The fourth-order valence-electron chi connectivity index (χ4n) is 3.09. The van der Waals surface area contributed by atoms with E-state index < -0.39 is 12.0 Å². The Hall–Kier alpha value is -2.54. The Kier molecular flexibility index (Phi) is 6.24. The van der Waals surface area contributed by atoms with E-state index >= 15 is 0 Å². The van der Waals surface area contributed by atoms with Crippen LogP contribution in [0.25, 0.3) is 0 Å². The predicted octanol–water partition coefficient (Wildman–Crippen LogP) is 3.79. The van der Waals surface area contributed by atoms with E-state index in [1.165, 1.54) is 29.8 Å². The minimum Gasteiger partial charge on any atom is -0.466 e. The summed E-state index contributed by atoms with van der Waals surface area (Å²) in [5.41, 5.74) is 1.63. The summed E-state index contributed by atoms with van der Waals surface area (Å²) < 4.78 is 10.6. The minimum absolute atomic E-state index is 0.246. The highest BCUT2D eigenvalue weighted by molar-refractivity contribution is 7.99. The summed E-state index contributed by atoms with van der Waals surface area (Å²) in [5.74, 6) is 0.276. The number of ether oxygens (including phenoxy) is 1. The van der Waals surface area contributed by atoms with Crippen LogP contribution in [0, 0.1) is 0 Å². The van der Waals surface area contributed by atoms with Gasteiger partial charge in [-0.15, -0.1) is 11.8 Å². The first-order chi connectivity index (χ1) is 13.4. The SMILES string of the molecule is CC(=O)N1[C@@H](c2ccco2)SC[C@H]1C(=O)OCC(=O)c1ccc(C(C)C)cc1. The first-order valence-electron chi connectivity index (χ1n) is 9.12. The molecule has 0 bridgehead atoms. The van der Waals surface area contributed by atoms with Gasteiger partial charge in [-0.2, -0.15) is 0 Å². The Balaban J connectivity index is 1.62. The van der Waals surface area contributed by atoms with Crippen molar-refractivity contribution in [2.75, 3.05) is 12.4 Å². The number of nitrogens with zero attached hydrogens (tertiary/aromatic N) is 1. The van der Waals surface area contributed by atoms with Crippen molar-refractivity contribution in [2.24, 2.45) is 0 Å². The van der Waals surface area contributed by atoms with Gasteiger partial charge >= 0.3 is 5.97 Å². The van der Waals surface area contributed by atoms with E-state index in [1.807, 2.05) is 12.1 Å². The quantitative estimate of drug-likeness (QED) is 0.541. The molecule has 0 spiro atoms. The molecule has 1 aliphatic heterocycles. The van der Waals surface area contributed by atoms with Gasteiger partial charge in [-0.05, 0) is 23.6 Å². The fraction of sp³-hybridized carbons (Fsp3) is 0.381. The molecule has 0 unspecified atom stereocenters. The van der Waals surface area contributed by atoms with Crippen LogP contribution in [0.4, 0.5) is 0 Å². The number of benzene rings is 1. The van der Waals surface area contributed by atoms with Gasteiger partial charge in [-0.3, -0.25) is 9.59 Å². The maximum atomic E-state index is 12.5. The lowest BCUT2D eigenvalue weighted by molar-refractivity contribution is -0.152. The largest absolute Gasteiger partial charge is 0.466 e. The van der Waals surface area contributed by atoms with Gasteiger partial charge in [0.1, 0.15) is 17.2 Å². The lowest BCUT2D eigenvalue weighted by Crippen LogP contribution is -2.43. The minimum atomic E-state index is -0.742. The number of rotatable bonds is 6. The molecule has 1 aliphatic rings. The zero-order chi connectivity index (χ0) is 20.3. The molecule has 0 radical (unpaired) electrons. The maximum absolute atomic E-state index is 12.5. The average Bonchev–Trinajstić information content (AvgIpc) is 3.35. The molecule has 2 heterocycles. The highest BCUT2D eigenvalue weighted by atomic mass is 32.2. The van der Waals surface area contributed by atoms with Crippen LogP contribution in [0.15, 0.2) is 47.1 Å². The molecule has 1 aromatic carbocycles. The summed E-state index contributed by atoms with van der Waals surface area (Å²) in [6.07, 6.45) is 1.53. The first kappa shape index (κ1) is 20.2. The highest BCUT2D eigenvalue weighted by Crippen LogP contribution is 2.41. The summed E-state index contributed by atoms with van der Waals surface area (Å²) in [7, 11) is 0. The molecule has 28 heavy (non-hydrogen) atoms. The van der Waals surface area contributed by atoms with Crippen LogP contribution in [0.1, 0.15) is 53.7 Å². The molecule has 2 aromatic rings. The number of thioether (sulfide) groups is 1. The standard InChI is InChI=1S/C21H23NO5S/c1-13(2)15-6-8-16(9-7-15)18(24)11-27-21(25)17-12-28-20(22(17)14(3)23)19-5-4-10-26-19/h4-10,13,17,20H,11-12H2,1-3H3/t17-,20+/m0/s1. The van der Waals surface area contributed by atoms with Crippen molar-refractivity contribution in [1.82, 2.24) is 4.90 Å². The molecule has 1 amide bonds. The van der Waals surface area contributed by atoms with Gasteiger partial charge in [-0.1, -0.05) is 38.1 Å². The second-order valence-corrected chi connectivity index (χ2v) is 8.06. The Labute approximate surface area is 168 Å². The first-order valence-corrected chi connectivity index (χ1v) is 10.2. The monoisotopic (exact) mass is 401 g/mol. The van der Waals surface area contributed by atoms with E-state index in [2.05, 4.69) is 13.8 Å². The molecular formula is C21H23NO5S. The van der Waals surface area contributed by atoms with Crippen molar-refractivity contribution in [3.63, 3.8) is 0 Å². The molecule has 1 saturated heterocycles. The number of hydrogen-bond donors (Lipinski definition) is 0. The Bertz CT molecular complexity index is 844. The zero-order valence-corrected chi connectivity index (χ0v) is 16.9. The third-order valence-electron chi connectivity index (χ3n) is 4.67. The van der Waals surface area contributed by atoms with Crippen LogP contribution < -0.4 is 0 Å². The van der Waals surface area contributed by atoms with Crippen molar-refractivity contribution in [3.05, 3.63) is 59.5 Å². The summed E-state index contributed by atoms with van der Waals surface area (Å²) in [5, 5.41) is -0.371. The second kappa shape index (κ2) is 8.65. The number of Topliss-reactive ketones (excluding diaryl/α,β-unsaturated/α-hetero) is 1. The van der Waals surface area contributed by atoms with Crippen molar-refractivity contribution >= 4 is 29.4 Å². The predicted molar refractivity (Wildman–Crippen MR) is 106 cm³/mol. The topological polar surface area (TPSA) is 76.8 Å². The molecular weight excluding hydrogens is 378 g/mol. The van der Waals surface area contributed by atoms with Crippen LogP contribution in [0.2, 0.25) is 0 Å². The number of esters is 1. The van der Waals surface area contributed by atoms with E-state index in [1.54, 1.807) is 24.3 Å². The van der Waals surface area contributed by atoms with E-state index in [0.717, 1.165) is 5.56 Å². The van der Waals surface area contributed by atoms with Gasteiger partial charge in [0.2, 0.25) is 5.91 Å². The van der Waals surface area contributed by atoms with Gasteiger partial charge in [0.15, 0.2) is 12.4 Å². The Morgan fingerprint density at radius 1 is 1.21 bits per heavy atom. The smallest absolute Gasteiger partial charge is 0.330 e. The number of hydrogen-bond acceptors (Lipinski definition) is 6. The van der Waals surface area contributed by atoms with E-state index in [0.29, 0.717) is 23.0 Å². The summed E-state index contributed by atoms with van der Waals surface area (Å²) in [4.78, 5) is 38.4. The average molecular weight is 401 g/mol. The fourth-order valence-corrected chi connectivity index (χ4v) is 4.51. The number of amides is 1. The van der Waals surface area contributed by atoms with Crippen molar-refractivity contribution < 1.29 is 23.5 Å². The molecule has 0 aliphatic carbocycles. The van der Waals surface area contributed by atoms with E-state index in [-0.39, 0.29) is 23.7 Å². The Morgan fingerprint density at radius 2 is 1.93 bits per heavy atom. The molecule has 1 fully saturated rings. The number of carbonyl (C=O) groups excluding carboxylic acids is 3. The third kappa shape index (κ3) is 4.30. The molecule has 3 rings (SSSR count). The van der Waals surface area contributed by atoms with Crippen LogP contribution in [0.3, 0.4) is 0 Å². The maximum Gasteiger partial charge on any atom is 0.330 e. The molecule has 2 atom stereocenters. The van der Waals surface area contributed by atoms with Crippen LogP contribution in [0.5, 0.6) is 0 Å². The van der Waals surface area contributed by atoms with Gasteiger partial charge in [-0.25, -0.2) is 4.79 Å². The number of ketones is 1. The second-order valence-electron chi connectivity index (χ2n) is 6.95. The van der Waals surface area contributed by atoms with Crippen molar-refractivity contribution in [3.8, 4) is 0 Å². The molecule has 148 valence electrons. The Morgan fingerprint density at radius 3 is 2.50 bits per heavy atom. The summed E-state index contributed by atoms with van der Waals surface area (Å²) in [6, 6.07) is 10.1. The van der Waals surface area contributed by atoms with Gasteiger partial charge in [0.05, 0.1) is 6.26 Å². The summed E-state index contributed by atoms with van der Waals surface area (Å²) >= 11 is 1.43. The molecule has 0 N–H and O–H groups in total. The van der Waals surface area contributed by atoms with Gasteiger partial charge in [0, 0.05) is 18.2 Å². The number of carbonyl (C=O) groups is 3. The lowest BCUT2D eigenvalue weighted by atomic mass is 10.0. The lowest BCUT2D eigenvalue weighted by Gasteiger charge is -2.25. The van der Waals surface area contributed by atoms with E-state index in [9.17, 15) is 14.4 Å². The van der Waals surface area contributed by atoms with Crippen LogP contribution in [-0.2, 0) is 14.3 Å². The highest BCUT2D eigenvalue weighted by Gasteiger charge is 2.43. The van der Waals surface area contributed by atoms with Crippen LogP contribution >= 0.6 is 11.8 Å². The molecule has 7 heteroatoms. The van der Waals surface area contributed by atoms with Crippen molar-refractivity contribution in [1.29, 1.82) is 0 Å². The summed E-state index contributed by atoms with van der Waals surface area (Å²) in [6.45, 7) is 5.21. The normalized spacial score (nSPS) is 19.1. The van der Waals surface area contributed by atoms with Gasteiger partial charge in [0.25, 0.3) is 0 Å². The van der Waals surface area contributed by atoms with Gasteiger partial charge < -0.3 is 14.1 Å². The molecule has 1 aromatic heterocycles. The zero-order valence-electron chi connectivity index (χ0n) is 16.1. The number of furan rings is 1. The molecule has 6 nitrogen and oxygen atoms in total. The molecule has 0 saturated carbocycles. The van der Waals surface area contributed by atoms with Crippen molar-refractivity contribution in [2.45, 2.75) is 38.1 Å². The van der Waals surface area contributed by atoms with Crippen LogP contribution in [-0.4, -0.2) is 41.0 Å². The third-order valence-corrected chi connectivity index (χ3v) is 5.95.